The first-order valence-corrected chi connectivity index (χ1v) is 3.83. The number of nitro benzene ring substituents is 1. The Morgan fingerprint density at radius 1 is 1.47 bits per heavy atom. The summed E-state index contributed by atoms with van der Waals surface area (Å²) in [4.78, 5) is 20.0. The Balaban J connectivity index is 3.33. The van der Waals surface area contributed by atoms with Gasteiger partial charge in [-0.25, -0.2) is 4.39 Å². The van der Waals surface area contributed by atoms with Crippen LogP contribution in [0.4, 0.5) is 20.2 Å². The zero-order chi connectivity index (χ0) is 11.6. The molecule has 0 saturated carbocycles. The summed E-state index contributed by atoms with van der Waals surface area (Å²) in [7, 11) is 0. The van der Waals surface area contributed by atoms with Crippen LogP contribution in [-0.2, 0) is 4.79 Å². The number of nitrogens with zero attached hydrogens (tertiary/aromatic N) is 1. The smallest absolute Gasteiger partial charge is 0.320 e. The molecule has 80 valence electrons. The quantitative estimate of drug-likeness (QED) is 0.605. The van der Waals surface area contributed by atoms with E-state index in [0.29, 0.717) is 12.1 Å². The normalized spacial score (nSPS) is 9.80. The molecule has 15 heavy (non-hydrogen) atoms. The summed E-state index contributed by atoms with van der Waals surface area (Å²) in [6, 6.07) is 1.06. The number of anilines is 1. The van der Waals surface area contributed by atoms with Gasteiger partial charge in [-0.15, -0.1) is 0 Å². The lowest BCUT2D eigenvalue weighted by Crippen LogP contribution is -2.09. The van der Waals surface area contributed by atoms with Gasteiger partial charge in [-0.2, -0.15) is 4.39 Å². The van der Waals surface area contributed by atoms with Gasteiger partial charge >= 0.3 is 5.69 Å². The largest absolute Gasteiger partial charge is 0.328 e. The SMILES string of the molecule is CC(=O)Nc1cc(F)cc(F)c1[N+](=O)[O-]. The highest BCUT2D eigenvalue weighted by molar-refractivity contribution is 5.91. The van der Waals surface area contributed by atoms with Crippen molar-refractivity contribution in [2.24, 2.45) is 0 Å². The highest BCUT2D eigenvalue weighted by Crippen LogP contribution is 2.28. The van der Waals surface area contributed by atoms with E-state index in [2.05, 4.69) is 0 Å². The van der Waals surface area contributed by atoms with Crippen molar-refractivity contribution in [3.63, 3.8) is 0 Å². The highest BCUT2D eigenvalue weighted by Gasteiger charge is 2.22. The van der Waals surface area contributed by atoms with Crippen molar-refractivity contribution in [2.45, 2.75) is 6.92 Å². The standard InChI is InChI=1S/C8H6F2N2O3/c1-4(13)11-7-3-5(9)2-6(10)8(7)12(14)15/h2-3H,1H3,(H,11,13). The van der Waals surface area contributed by atoms with Crippen molar-refractivity contribution >= 4 is 17.3 Å². The Morgan fingerprint density at radius 3 is 2.53 bits per heavy atom. The second-order valence-electron chi connectivity index (χ2n) is 2.72. The Morgan fingerprint density at radius 2 is 2.07 bits per heavy atom. The molecule has 0 bridgehead atoms. The number of nitrogens with one attached hydrogen (secondary N) is 1. The Bertz CT molecular complexity index is 434. The number of rotatable bonds is 2. The van der Waals surface area contributed by atoms with Crippen LogP contribution < -0.4 is 5.32 Å². The Kier molecular flexibility index (Phi) is 2.93. The van der Waals surface area contributed by atoms with E-state index in [1.54, 1.807) is 0 Å². The number of carbonyl (C=O) groups excluding carboxylic acids is 1. The first-order valence-electron chi connectivity index (χ1n) is 3.83. The van der Waals surface area contributed by atoms with Gasteiger partial charge in [0.2, 0.25) is 11.7 Å². The van der Waals surface area contributed by atoms with Gasteiger partial charge in [0.15, 0.2) is 0 Å². The molecular formula is C8H6F2N2O3. The number of halogens is 2. The van der Waals surface area contributed by atoms with Gasteiger partial charge in [-0.3, -0.25) is 14.9 Å². The van der Waals surface area contributed by atoms with Gasteiger partial charge in [0.05, 0.1) is 4.92 Å². The average Bonchev–Trinajstić information content (AvgIpc) is 1.99. The number of hydrogen-bond donors (Lipinski definition) is 1. The van der Waals surface area contributed by atoms with Crippen molar-refractivity contribution in [1.82, 2.24) is 0 Å². The molecule has 0 aliphatic carbocycles. The van der Waals surface area contributed by atoms with Crippen LogP contribution in [0.3, 0.4) is 0 Å². The van der Waals surface area contributed by atoms with Crippen molar-refractivity contribution in [3.8, 4) is 0 Å². The van der Waals surface area contributed by atoms with Crippen molar-refractivity contribution < 1.29 is 18.5 Å². The van der Waals surface area contributed by atoms with Crippen LogP contribution >= 0.6 is 0 Å². The van der Waals surface area contributed by atoms with E-state index in [0.717, 1.165) is 6.92 Å². The van der Waals surface area contributed by atoms with Crippen molar-refractivity contribution in [3.05, 3.63) is 33.9 Å². The van der Waals surface area contributed by atoms with Crippen molar-refractivity contribution in [1.29, 1.82) is 0 Å². The Hall–Kier alpha value is -2.05. The van der Waals surface area contributed by atoms with Crippen LogP contribution in [0.25, 0.3) is 0 Å². The maximum absolute atomic E-state index is 13.0. The predicted molar refractivity (Wildman–Crippen MR) is 47.3 cm³/mol. The average molecular weight is 216 g/mol. The maximum atomic E-state index is 13.0. The van der Waals surface area contributed by atoms with Crippen LogP contribution in [0.5, 0.6) is 0 Å². The van der Waals surface area contributed by atoms with Crippen LogP contribution in [0.15, 0.2) is 12.1 Å². The van der Waals surface area contributed by atoms with Gasteiger partial charge in [-0.05, 0) is 0 Å². The summed E-state index contributed by atoms with van der Waals surface area (Å²) in [5, 5.41) is 12.4. The zero-order valence-corrected chi connectivity index (χ0v) is 7.58. The minimum absolute atomic E-state index is 0.378. The number of amides is 1. The molecule has 0 atom stereocenters. The molecular weight excluding hydrogens is 210 g/mol. The van der Waals surface area contributed by atoms with Crippen LogP contribution in [0, 0.1) is 21.7 Å². The molecule has 0 aliphatic heterocycles. The van der Waals surface area contributed by atoms with E-state index in [9.17, 15) is 23.7 Å². The molecule has 0 saturated heterocycles. The molecule has 1 amide bonds. The van der Waals surface area contributed by atoms with E-state index in [-0.39, 0.29) is 0 Å². The molecule has 0 radical (unpaired) electrons. The van der Waals surface area contributed by atoms with Gasteiger partial charge in [-0.1, -0.05) is 0 Å². The lowest BCUT2D eigenvalue weighted by molar-refractivity contribution is -0.386. The monoisotopic (exact) mass is 216 g/mol. The molecule has 0 aromatic heterocycles. The fraction of sp³-hybridized carbons (Fsp3) is 0.125. The first kappa shape index (κ1) is 11.0. The molecule has 5 nitrogen and oxygen atoms in total. The van der Waals surface area contributed by atoms with E-state index in [4.69, 9.17) is 0 Å². The Labute approximate surface area is 82.9 Å². The minimum Gasteiger partial charge on any atom is -0.320 e. The van der Waals surface area contributed by atoms with Gasteiger partial charge < -0.3 is 5.32 Å². The minimum atomic E-state index is -1.33. The van der Waals surface area contributed by atoms with E-state index < -0.39 is 33.8 Å². The molecule has 1 aromatic rings. The molecule has 1 N–H and O–H groups in total. The third kappa shape index (κ3) is 2.46. The lowest BCUT2D eigenvalue weighted by Gasteiger charge is -2.03. The molecule has 1 aromatic carbocycles. The number of nitro groups is 1. The van der Waals surface area contributed by atoms with E-state index in [1.807, 2.05) is 5.32 Å². The molecule has 0 aliphatic rings. The number of hydrogen-bond acceptors (Lipinski definition) is 3. The topological polar surface area (TPSA) is 72.2 Å². The van der Waals surface area contributed by atoms with E-state index in [1.165, 1.54) is 0 Å². The van der Waals surface area contributed by atoms with Crippen molar-refractivity contribution in [2.75, 3.05) is 5.32 Å². The molecule has 0 heterocycles. The summed E-state index contributed by atoms with van der Waals surface area (Å²) in [5.41, 5.74) is -1.45. The fourth-order valence-electron chi connectivity index (χ4n) is 1.04. The predicted octanol–water partition coefficient (Wildman–Crippen LogP) is 1.83. The van der Waals surface area contributed by atoms with Gasteiger partial charge in [0.25, 0.3) is 0 Å². The molecule has 0 spiro atoms. The van der Waals surface area contributed by atoms with Gasteiger partial charge in [0.1, 0.15) is 11.5 Å². The lowest BCUT2D eigenvalue weighted by atomic mass is 10.2. The molecule has 0 unspecified atom stereocenters. The summed E-state index contributed by atoms with van der Waals surface area (Å²) in [5.74, 6) is -2.98. The summed E-state index contributed by atoms with van der Waals surface area (Å²) >= 11 is 0. The maximum Gasteiger partial charge on any atom is 0.328 e. The van der Waals surface area contributed by atoms with Crippen LogP contribution in [0.2, 0.25) is 0 Å². The second-order valence-corrected chi connectivity index (χ2v) is 2.72. The summed E-state index contributed by atoms with van der Waals surface area (Å²) in [6.07, 6.45) is 0. The second kappa shape index (κ2) is 3.99. The zero-order valence-electron chi connectivity index (χ0n) is 7.58. The first-order chi connectivity index (χ1) is 6.91. The van der Waals surface area contributed by atoms with Gasteiger partial charge in [0, 0.05) is 19.1 Å². The van der Waals surface area contributed by atoms with E-state index >= 15 is 0 Å². The molecule has 0 fully saturated rings. The molecule has 7 heteroatoms. The summed E-state index contributed by atoms with van der Waals surface area (Å²) in [6.45, 7) is 1.08. The third-order valence-corrected chi connectivity index (χ3v) is 1.52. The molecule has 1 rings (SSSR count). The highest BCUT2D eigenvalue weighted by atomic mass is 19.1. The van der Waals surface area contributed by atoms with Crippen LogP contribution in [0.1, 0.15) is 6.92 Å². The number of carbonyl (C=O) groups is 1. The third-order valence-electron chi connectivity index (χ3n) is 1.52. The fourth-order valence-corrected chi connectivity index (χ4v) is 1.04. The van der Waals surface area contributed by atoms with Crippen LogP contribution in [-0.4, -0.2) is 10.8 Å². The summed E-state index contributed by atoms with van der Waals surface area (Å²) < 4.78 is 25.7. The number of benzene rings is 1.